The molecule has 3 aliphatic carbocycles. The quantitative estimate of drug-likeness (QED) is 0.313. The van der Waals surface area contributed by atoms with E-state index in [1.54, 1.807) is 13.2 Å². The number of carbonyl (C=O) groups excluding carboxylic acids is 2. The van der Waals surface area contributed by atoms with Crippen molar-refractivity contribution in [3.63, 3.8) is 0 Å². The van der Waals surface area contributed by atoms with Gasteiger partial charge in [-0.25, -0.2) is 4.72 Å². The van der Waals surface area contributed by atoms with Crippen LogP contribution in [0.5, 0.6) is 5.75 Å². The molecule has 52 heavy (non-hydrogen) atoms. The van der Waals surface area contributed by atoms with Crippen LogP contribution < -0.4 is 9.46 Å². The van der Waals surface area contributed by atoms with Gasteiger partial charge in [-0.15, -0.1) is 0 Å². The zero-order chi connectivity index (χ0) is 36.0. The first-order chi connectivity index (χ1) is 25.0. The molecule has 0 radical (unpaired) electrons. The highest BCUT2D eigenvalue weighted by Gasteiger charge is 2.69. The molecule has 3 saturated heterocycles. The molecule has 3 aliphatic heterocycles. The van der Waals surface area contributed by atoms with Gasteiger partial charge in [0, 0.05) is 80.2 Å². The minimum Gasteiger partial charge on any atom is -0.497 e. The lowest BCUT2D eigenvalue weighted by Gasteiger charge is -2.30. The molecule has 2 atom stereocenters. The fourth-order valence-electron chi connectivity index (χ4n) is 10.2. The fourth-order valence-corrected chi connectivity index (χ4v) is 10.7. The first-order valence-electron chi connectivity index (χ1n) is 19.1. The molecule has 2 amide bonds. The average Bonchev–Trinajstić information content (AvgIpc) is 4.02. The lowest BCUT2D eigenvalue weighted by molar-refractivity contribution is -0.137. The molecule has 2 unspecified atom stereocenters. The minimum absolute atomic E-state index is 0.0129. The number of benzene rings is 2. The number of carbonyl (C=O) groups is 2. The third-order valence-electron chi connectivity index (χ3n) is 13.4. The molecule has 0 spiro atoms. The summed E-state index contributed by atoms with van der Waals surface area (Å²) in [6.07, 6.45) is 9.90. The van der Waals surface area contributed by atoms with Crippen molar-refractivity contribution in [2.24, 2.45) is 16.2 Å². The summed E-state index contributed by atoms with van der Waals surface area (Å²) < 4.78 is 42.5. The predicted molar refractivity (Wildman–Crippen MR) is 198 cm³/mol. The van der Waals surface area contributed by atoms with Gasteiger partial charge >= 0.3 is 10.2 Å². The predicted octanol–water partition coefficient (Wildman–Crippen LogP) is 5.00. The van der Waals surface area contributed by atoms with Crippen LogP contribution >= 0.6 is 0 Å². The molecule has 6 fully saturated rings. The Morgan fingerprint density at radius 3 is 2.19 bits per heavy atom. The Kier molecular flexibility index (Phi) is 8.12. The number of hydrogen-bond acceptors (Lipinski definition) is 7. The zero-order valence-corrected chi connectivity index (χ0v) is 31.5. The van der Waals surface area contributed by atoms with E-state index in [1.807, 2.05) is 24.3 Å². The van der Waals surface area contributed by atoms with Crippen molar-refractivity contribution in [2.45, 2.75) is 76.3 Å². The Morgan fingerprint density at radius 2 is 1.60 bits per heavy atom. The van der Waals surface area contributed by atoms with E-state index in [9.17, 15) is 18.0 Å². The molecule has 9 rings (SSSR count). The Balaban J connectivity index is 1.13. The average molecular weight is 730 g/mol. The normalized spacial score (nSPS) is 27.3. The summed E-state index contributed by atoms with van der Waals surface area (Å²) in [5.41, 5.74) is 4.00. The second-order valence-electron chi connectivity index (χ2n) is 17.0. The van der Waals surface area contributed by atoms with Crippen molar-refractivity contribution in [3.8, 4) is 17.0 Å². The SMILES string of the molecule is COc1ccc(-c2c(C3CCCCC3)c3ccc(C(=O)NS(=O)(=O)N(C)C)cc3n2CC2(C(=O)N3CC45COCC4(C3)CN(C3CC3)C5)CC2)cc1. The van der Waals surface area contributed by atoms with E-state index in [2.05, 4.69) is 31.2 Å². The van der Waals surface area contributed by atoms with Crippen LogP contribution in [0.15, 0.2) is 42.5 Å². The summed E-state index contributed by atoms with van der Waals surface area (Å²) in [5, 5.41) is 1.06. The summed E-state index contributed by atoms with van der Waals surface area (Å²) in [7, 11) is 0.468. The maximum absolute atomic E-state index is 14.9. The molecule has 0 bridgehead atoms. The first-order valence-corrected chi connectivity index (χ1v) is 20.6. The van der Waals surface area contributed by atoms with E-state index in [1.165, 1.54) is 38.9 Å². The molecular formula is C40H51N5O6S. The van der Waals surface area contributed by atoms with Gasteiger partial charge in [-0.2, -0.15) is 12.7 Å². The molecule has 6 aliphatic rings. The monoisotopic (exact) mass is 729 g/mol. The van der Waals surface area contributed by atoms with Crippen LogP contribution in [-0.2, 0) is 26.3 Å². The molecule has 4 heterocycles. The lowest BCUT2D eigenvalue weighted by atomic mass is 9.71. The summed E-state index contributed by atoms with van der Waals surface area (Å²) in [6.45, 7) is 5.53. The van der Waals surface area contributed by atoms with E-state index in [0.29, 0.717) is 18.5 Å². The third kappa shape index (κ3) is 5.50. The molecule has 1 aromatic heterocycles. The van der Waals surface area contributed by atoms with E-state index < -0.39 is 21.5 Å². The van der Waals surface area contributed by atoms with E-state index in [4.69, 9.17) is 9.47 Å². The van der Waals surface area contributed by atoms with Crippen molar-refractivity contribution >= 4 is 32.9 Å². The van der Waals surface area contributed by atoms with Crippen LogP contribution in [0.3, 0.4) is 0 Å². The summed E-state index contributed by atoms with van der Waals surface area (Å²) in [5.74, 6) is 0.669. The number of fused-ring (bicyclic) bond motifs is 1. The Morgan fingerprint density at radius 1 is 0.923 bits per heavy atom. The number of methoxy groups -OCH3 is 1. The van der Waals surface area contributed by atoms with Gasteiger partial charge in [-0.1, -0.05) is 25.3 Å². The van der Waals surface area contributed by atoms with Crippen molar-refractivity contribution in [3.05, 3.63) is 53.6 Å². The van der Waals surface area contributed by atoms with Crippen LogP contribution in [0.25, 0.3) is 22.2 Å². The fraction of sp³-hybridized carbons (Fsp3) is 0.600. The number of nitrogens with one attached hydrogen (secondary N) is 1. The summed E-state index contributed by atoms with van der Waals surface area (Å²) >= 11 is 0. The van der Waals surface area contributed by atoms with Crippen LogP contribution in [0.1, 0.15) is 79.6 Å². The molecule has 3 saturated carbocycles. The number of ether oxygens (including phenoxy) is 2. The molecule has 2 aromatic carbocycles. The van der Waals surface area contributed by atoms with Crippen molar-refractivity contribution in [1.29, 1.82) is 0 Å². The van der Waals surface area contributed by atoms with Gasteiger partial charge in [0.2, 0.25) is 5.91 Å². The maximum atomic E-state index is 14.9. The Hall–Kier alpha value is -3.45. The van der Waals surface area contributed by atoms with Crippen molar-refractivity contribution in [2.75, 3.05) is 60.6 Å². The summed E-state index contributed by atoms with van der Waals surface area (Å²) in [4.78, 5) is 33.2. The number of nitrogens with zero attached hydrogens (tertiary/aromatic N) is 4. The number of amides is 2. The second kappa shape index (κ2) is 12.3. The molecular weight excluding hydrogens is 679 g/mol. The molecule has 12 heteroatoms. The highest BCUT2D eigenvalue weighted by atomic mass is 32.2. The Labute approximate surface area is 306 Å². The van der Waals surface area contributed by atoms with Gasteiger partial charge in [0.25, 0.3) is 5.91 Å². The summed E-state index contributed by atoms with van der Waals surface area (Å²) in [6, 6.07) is 14.4. The van der Waals surface area contributed by atoms with Crippen LogP contribution in [0.4, 0.5) is 0 Å². The number of aromatic nitrogens is 1. The van der Waals surface area contributed by atoms with Gasteiger partial charge in [0.05, 0.1) is 31.4 Å². The van der Waals surface area contributed by atoms with Gasteiger partial charge < -0.3 is 18.9 Å². The molecule has 11 nitrogen and oxygen atoms in total. The van der Waals surface area contributed by atoms with Crippen LogP contribution in [0.2, 0.25) is 0 Å². The molecule has 1 N–H and O–H groups in total. The maximum Gasteiger partial charge on any atom is 0.303 e. The topological polar surface area (TPSA) is 113 Å². The number of rotatable bonds is 10. The highest BCUT2D eigenvalue weighted by molar-refractivity contribution is 7.87. The largest absolute Gasteiger partial charge is 0.497 e. The van der Waals surface area contributed by atoms with E-state index >= 15 is 0 Å². The van der Waals surface area contributed by atoms with Crippen LogP contribution in [0, 0.1) is 16.2 Å². The van der Waals surface area contributed by atoms with E-state index in [0.717, 1.165) is 110 Å². The molecule has 3 aromatic rings. The number of likely N-dealkylation sites (tertiary alicyclic amines) is 2. The van der Waals surface area contributed by atoms with E-state index in [-0.39, 0.29) is 22.3 Å². The minimum atomic E-state index is -3.98. The number of hydrogen-bond donors (Lipinski definition) is 1. The highest BCUT2D eigenvalue weighted by Crippen LogP contribution is 2.60. The van der Waals surface area contributed by atoms with Crippen molar-refractivity contribution < 1.29 is 27.5 Å². The van der Waals surface area contributed by atoms with Crippen LogP contribution in [-0.4, -0.2) is 106 Å². The lowest BCUT2D eigenvalue weighted by Crippen LogP contribution is -2.43. The van der Waals surface area contributed by atoms with Gasteiger partial charge in [0.1, 0.15) is 5.75 Å². The Bertz CT molecular complexity index is 2010. The van der Waals surface area contributed by atoms with Gasteiger partial charge in [-0.3, -0.25) is 14.5 Å². The molecule has 278 valence electrons. The standard InChI is InChI=1S/C40H51N5O6S/c1-42(2)52(48,49)41-36(46)29-11-16-32-33(19-29)45(35(28-9-14-31(50-3)15-10-28)34(32)27-7-5-4-6-8-27)20-38(17-18-38)37(47)44-23-39-21-43(30-12-13-30)22-40(39,24-44)26-51-25-39/h9-11,14-16,19,27,30H,4-8,12-13,17-18,20-26H2,1-3H3,(H,41,46). The zero-order valence-electron chi connectivity index (χ0n) is 30.7. The second-order valence-corrected chi connectivity index (χ2v) is 18.9. The smallest absolute Gasteiger partial charge is 0.303 e. The first kappa shape index (κ1) is 34.3. The van der Waals surface area contributed by atoms with Gasteiger partial charge in [0.15, 0.2) is 0 Å². The third-order valence-corrected chi connectivity index (χ3v) is 14.8. The van der Waals surface area contributed by atoms with Crippen molar-refractivity contribution in [1.82, 2.24) is 23.4 Å². The van der Waals surface area contributed by atoms with Gasteiger partial charge in [-0.05, 0) is 92.0 Å².